The van der Waals surface area contributed by atoms with E-state index in [0.29, 0.717) is 6.04 Å². The molecule has 0 aliphatic carbocycles. The lowest BCUT2D eigenvalue weighted by atomic mass is 10.1. The van der Waals surface area contributed by atoms with Crippen molar-refractivity contribution in [3.63, 3.8) is 0 Å². The van der Waals surface area contributed by atoms with Crippen molar-refractivity contribution in [1.29, 1.82) is 0 Å². The van der Waals surface area contributed by atoms with E-state index in [1.54, 1.807) is 12.4 Å². The number of hydrogen-bond donors (Lipinski definition) is 2. The van der Waals surface area contributed by atoms with Crippen molar-refractivity contribution in [2.75, 3.05) is 29.9 Å². The van der Waals surface area contributed by atoms with Gasteiger partial charge in [0.15, 0.2) is 0 Å². The third-order valence-corrected chi connectivity index (χ3v) is 4.80. The van der Waals surface area contributed by atoms with E-state index in [4.69, 9.17) is 0 Å². The molecule has 6 nitrogen and oxygen atoms in total. The lowest BCUT2D eigenvalue weighted by Crippen LogP contribution is -2.49. The van der Waals surface area contributed by atoms with Crippen LogP contribution in [0.25, 0.3) is 11.0 Å². The van der Waals surface area contributed by atoms with Crippen LogP contribution in [0.3, 0.4) is 0 Å². The maximum absolute atomic E-state index is 4.39. The Balaban J connectivity index is 1.56. The molecule has 2 N–H and O–H groups in total. The van der Waals surface area contributed by atoms with Crippen molar-refractivity contribution in [1.82, 2.24) is 20.3 Å². The Morgan fingerprint density at radius 3 is 2.88 bits per heavy atom. The lowest BCUT2D eigenvalue weighted by Gasteiger charge is -2.35. The van der Waals surface area contributed by atoms with Crippen LogP contribution in [-0.4, -0.2) is 40.6 Å². The molecule has 1 atom stereocenters. The zero-order chi connectivity index (χ0) is 17.9. The number of aromatic nitrogens is 3. The molecule has 1 aliphatic heterocycles. The number of fused-ring (bicyclic) bond motifs is 1. The molecule has 1 aromatic carbocycles. The summed E-state index contributed by atoms with van der Waals surface area (Å²) in [4.78, 5) is 15.6. The highest BCUT2D eigenvalue weighted by molar-refractivity contribution is 5.75. The molecule has 26 heavy (non-hydrogen) atoms. The molecule has 1 aliphatic rings. The Bertz CT molecular complexity index is 910. The zero-order valence-corrected chi connectivity index (χ0v) is 15.2. The van der Waals surface area contributed by atoms with Crippen LogP contribution in [0, 0.1) is 6.92 Å². The summed E-state index contributed by atoms with van der Waals surface area (Å²) in [6, 6.07) is 6.70. The van der Waals surface area contributed by atoms with E-state index in [1.165, 1.54) is 16.8 Å². The second kappa shape index (κ2) is 7.25. The Morgan fingerprint density at radius 1 is 1.19 bits per heavy atom. The molecule has 2 aromatic heterocycles. The minimum absolute atomic E-state index is 0.489. The molecule has 0 bridgehead atoms. The van der Waals surface area contributed by atoms with Crippen molar-refractivity contribution >= 4 is 22.4 Å². The smallest absolute Gasteiger partial charge is 0.0890 e. The second-order valence-electron chi connectivity index (χ2n) is 6.89. The van der Waals surface area contributed by atoms with Gasteiger partial charge in [-0.3, -0.25) is 15.0 Å². The van der Waals surface area contributed by atoms with E-state index >= 15 is 0 Å². The number of benzene rings is 1. The van der Waals surface area contributed by atoms with E-state index in [2.05, 4.69) is 56.5 Å². The fraction of sp³-hybridized carbons (Fsp3) is 0.350. The van der Waals surface area contributed by atoms with E-state index in [-0.39, 0.29) is 0 Å². The average molecular weight is 348 g/mol. The number of pyridine rings is 1. The van der Waals surface area contributed by atoms with Gasteiger partial charge in [-0.25, -0.2) is 0 Å². The predicted octanol–water partition coefficient (Wildman–Crippen LogP) is 2.74. The van der Waals surface area contributed by atoms with Gasteiger partial charge >= 0.3 is 0 Å². The minimum Gasteiger partial charge on any atom is -0.378 e. The van der Waals surface area contributed by atoms with Gasteiger partial charge in [0.1, 0.15) is 0 Å². The summed E-state index contributed by atoms with van der Waals surface area (Å²) in [7, 11) is 0. The number of aryl methyl sites for hydroxylation is 1. The summed E-state index contributed by atoms with van der Waals surface area (Å²) in [6.07, 6.45) is 7.32. The van der Waals surface area contributed by atoms with E-state index in [9.17, 15) is 0 Å². The predicted molar refractivity (Wildman–Crippen MR) is 106 cm³/mol. The normalized spacial score (nSPS) is 17.5. The molecule has 0 unspecified atom stereocenters. The van der Waals surface area contributed by atoms with Gasteiger partial charge in [-0.15, -0.1) is 0 Å². The molecule has 1 fully saturated rings. The standard InChI is InChI=1S/C20H24N6/c1-14-10-21-12-19(20(14)26-8-7-22-15(2)13-26)25-11-16-3-4-17-18(9-16)24-6-5-23-17/h3-6,9-10,12,15,22,25H,7-8,11,13H2,1-2H3/t15-/m0/s1. The van der Waals surface area contributed by atoms with Crippen molar-refractivity contribution in [2.45, 2.75) is 26.4 Å². The van der Waals surface area contributed by atoms with E-state index in [0.717, 1.165) is 42.9 Å². The van der Waals surface area contributed by atoms with Crippen LogP contribution in [0.5, 0.6) is 0 Å². The summed E-state index contributed by atoms with van der Waals surface area (Å²) < 4.78 is 0. The molecule has 0 spiro atoms. The number of rotatable bonds is 4. The van der Waals surface area contributed by atoms with Crippen LogP contribution >= 0.6 is 0 Å². The molecule has 3 heterocycles. The van der Waals surface area contributed by atoms with E-state index < -0.39 is 0 Å². The minimum atomic E-state index is 0.489. The SMILES string of the molecule is Cc1cncc(NCc2ccc3nccnc3c2)c1N1CCN[C@@H](C)C1. The van der Waals surface area contributed by atoms with Crippen molar-refractivity contribution in [3.8, 4) is 0 Å². The number of hydrogen-bond acceptors (Lipinski definition) is 6. The monoisotopic (exact) mass is 348 g/mol. The number of piperazine rings is 1. The summed E-state index contributed by atoms with van der Waals surface area (Å²) in [6.45, 7) is 8.11. The Hall–Kier alpha value is -2.73. The Kier molecular flexibility index (Phi) is 4.67. The van der Waals surface area contributed by atoms with Crippen molar-refractivity contribution in [2.24, 2.45) is 0 Å². The molecular formula is C20H24N6. The topological polar surface area (TPSA) is 66.0 Å². The number of nitrogens with one attached hydrogen (secondary N) is 2. The maximum atomic E-state index is 4.39. The van der Waals surface area contributed by atoms with Gasteiger partial charge in [-0.2, -0.15) is 0 Å². The first-order chi connectivity index (χ1) is 12.7. The van der Waals surface area contributed by atoms with Gasteiger partial charge in [0.2, 0.25) is 0 Å². The fourth-order valence-corrected chi connectivity index (χ4v) is 3.56. The molecule has 1 saturated heterocycles. The highest BCUT2D eigenvalue weighted by atomic mass is 15.2. The van der Waals surface area contributed by atoms with Crippen LogP contribution < -0.4 is 15.5 Å². The molecule has 3 aromatic rings. The summed E-state index contributed by atoms with van der Waals surface area (Å²) >= 11 is 0. The molecular weight excluding hydrogens is 324 g/mol. The van der Waals surface area contributed by atoms with Gasteiger partial charge in [0, 0.05) is 50.8 Å². The van der Waals surface area contributed by atoms with Gasteiger partial charge in [-0.05, 0) is 37.1 Å². The quantitative estimate of drug-likeness (QED) is 0.756. The summed E-state index contributed by atoms with van der Waals surface area (Å²) in [5.74, 6) is 0. The van der Waals surface area contributed by atoms with Gasteiger partial charge in [0.25, 0.3) is 0 Å². The highest BCUT2D eigenvalue weighted by Crippen LogP contribution is 2.30. The average Bonchev–Trinajstić information content (AvgIpc) is 2.66. The number of nitrogens with zero attached hydrogens (tertiary/aromatic N) is 4. The van der Waals surface area contributed by atoms with Gasteiger partial charge in [-0.1, -0.05) is 6.07 Å². The zero-order valence-electron chi connectivity index (χ0n) is 15.2. The molecule has 134 valence electrons. The first kappa shape index (κ1) is 16.7. The van der Waals surface area contributed by atoms with Crippen LogP contribution in [-0.2, 0) is 6.54 Å². The molecule has 0 radical (unpaired) electrons. The largest absolute Gasteiger partial charge is 0.378 e. The third-order valence-electron chi connectivity index (χ3n) is 4.80. The highest BCUT2D eigenvalue weighted by Gasteiger charge is 2.20. The van der Waals surface area contributed by atoms with Gasteiger partial charge in [0.05, 0.1) is 28.6 Å². The Morgan fingerprint density at radius 2 is 2.04 bits per heavy atom. The second-order valence-corrected chi connectivity index (χ2v) is 6.89. The van der Waals surface area contributed by atoms with Crippen molar-refractivity contribution in [3.05, 3.63) is 54.1 Å². The third kappa shape index (κ3) is 3.46. The Labute approximate surface area is 153 Å². The number of anilines is 2. The van der Waals surface area contributed by atoms with Crippen LogP contribution in [0.2, 0.25) is 0 Å². The van der Waals surface area contributed by atoms with Crippen molar-refractivity contribution < 1.29 is 0 Å². The molecule has 0 saturated carbocycles. The van der Waals surface area contributed by atoms with E-state index in [1.807, 2.05) is 18.5 Å². The van der Waals surface area contributed by atoms with Crippen LogP contribution in [0.4, 0.5) is 11.4 Å². The summed E-state index contributed by atoms with van der Waals surface area (Å²) in [5.41, 5.74) is 6.56. The molecule has 0 amide bonds. The van der Waals surface area contributed by atoms with Gasteiger partial charge < -0.3 is 15.5 Å². The fourth-order valence-electron chi connectivity index (χ4n) is 3.56. The summed E-state index contributed by atoms with van der Waals surface area (Å²) in [5, 5.41) is 7.08. The first-order valence-electron chi connectivity index (χ1n) is 9.07. The van der Waals surface area contributed by atoms with Crippen LogP contribution in [0.1, 0.15) is 18.1 Å². The maximum Gasteiger partial charge on any atom is 0.0890 e. The van der Waals surface area contributed by atoms with Crippen LogP contribution in [0.15, 0.2) is 43.0 Å². The molecule has 6 heteroatoms. The molecule has 4 rings (SSSR count). The first-order valence-corrected chi connectivity index (χ1v) is 9.07. The lowest BCUT2D eigenvalue weighted by molar-refractivity contribution is 0.484.